The highest BCUT2D eigenvalue weighted by atomic mass is 32.2. The molecule has 2 saturated heterocycles. The van der Waals surface area contributed by atoms with Gasteiger partial charge in [0.15, 0.2) is 5.78 Å². The van der Waals surface area contributed by atoms with Crippen molar-refractivity contribution in [3.05, 3.63) is 41.0 Å². The Morgan fingerprint density at radius 3 is 2.86 bits per heavy atom. The van der Waals surface area contributed by atoms with Crippen LogP contribution in [-0.4, -0.2) is 47.6 Å². The van der Waals surface area contributed by atoms with Crippen molar-refractivity contribution in [1.29, 1.82) is 0 Å². The van der Waals surface area contributed by atoms with Crippen LogP contribution in [0.25, 0.3) is 6.08 Å². The van der Waals surface area contributed by atoms with E-state index in [2.05, 4.69) is 41.0 Å². The molecule has 1 aromatic rings. The molecule has 3 aliphatic rings. The van der Waals surface area contributed by atoms with Crippen molar-refractivity contribution in [2.75, 3.05) is 12.4 Å². The third-order valence-corrected chi connectivity index (χ3v) is 7.50. The molecule has 0 aromatic heterocycles. The number of benzene rings is 1. The number of hydrogen-bond donors (Lipinski definition) is 2. The standard InChI is InChI=1S/C23H28N2O3S/c26-13-19-18(9-10-24-19)22(28)21-23(29-14-25-21)20(27)8-4-1-5-15-11-16-6-2-3-7-17(16)12-15/h2-3,6-7,11,13,18-19,21,23-25H,1,4-5,8-10,12,14H2/t18?,19-,21-,23?/m1/s1. The molecule has 4 rings (SSSR count). The fraction of sp³-hybridized carbons (Fsp3) is 0.522. The van der Waals surface area contributed by atoms with Gasteiger partial charge >= 0.3 is 0 Å². The molecule has 2 heterocycles. The Morgan fingerprint density at radius 1 is 1.17 bits per heavy atom. The number of rotatable bonds is 9. The van der Waals surface area contributed by atoms with E-state index in [1.54, 1.807) is 0 Å². The quantitative estimate of drug-likeness (QED) is 0.480. The van der Waals surface area contributed by atoms with Crippen molar-refractivity contribution in [3.8, 4) is 0 Å². The van der Waals surface area contributed by atoms with Gasteiger partial charge in [-0.2, -0.15) is 0 Å². The van der Waals surface area contributed by atoms with Crippen LogP contribution in [0.15, 0.2) is 29.8 Å². The summed E-state index contributed by atoms with van der Waals surface area (Å²) in [6.45, 7) is 0.679. The summed E-state index contributed by atoms with van der Waals surface area (Å²) in [5.74, 6) is 0.485. The number of thioether (sulfide) groups is 1. The van der Waals surface area contributed by atoms with E-state index in [-0.39, 0.29) is 22.7 Å². The van der Waals surface area contributed by atoms with Gasteiger partial charge in [-0.15, -0.1) is 11.8 Å². The smallest absolute Gasteiger partial charge is 0.156 e. The van der Waals surface area contributed by atoms with E-state index < -0.39 is 12.1 Å². The Morgan fingerprint density at radius 2 is 2.03 bits per heavy atom. The normalized spacial score (nSPS) is 28.2. The average molecular weight is 413 g/mol. The predicted molar refractivity (Wildman–Crippen MR) is 116 cm³/mol. The second-order valence-corrected chi connectivity index (χ2v) is 9.31. The maximum absolute atomic E-state index is 12.9. The molecule has 29 heavy (non-hydrogen) atoms. The molecule has 5 nitrogen and oxygen atoms in total. The Bertz CT molecular complexity index is 822. The number of hydrogen-bond acceptors (Lipinski definition) is 6. The van der Waals surface area contributed by atoms with E-state index in [1.165, 1.54) is 28.5 Å². The summed E-state index contributed by atoms with van der Waals surface area (Å²) in [5.41, 5.74) is 4.16. The topological polar surface area (TPSA) is 75.3 Å². The van der Waals surface area contributed by atoms with Gasteiger partial charge in [0.2, 0.25) is 0 Å². The number of unbranched alkanes of at least 4 members (excludes halogenated alkanes) is 1. The molecule has 2 aliphatic heterocycles. The summed E-state index contributed by atoms with van der Waals surface area (Å²) in [6.07, 6.45) is 8.19. The van der Waals surface area contributed by atoms with Gasteiger partial charge in [0, 0.05) is 18.2 Å². The van der Waals surface area contributed by atoms with Gasteiger partial charge in [0.1, 0.15) is 12.1 Å². The lowest BCUT2D eigenvalue weighted by atomic mass is 9.89. The van der Waals surface area contributed by atoms with Gasteiger partial charge in [-0.05, 0) is 49.8 Å². The van der Waals surface area contributed by atoms with Gasteiger partial charge < -0.3 is 10.1 Å². The highest BCUT2D eigenvalue weighted by molar-refractivity contribution is 8.00. The third kappa shape index (κ3) is 4.55. The molecule has 2 fully saturated rings. The zero-order valence-corrected chi connectivity index (χ0v) is 17.4. The number of Topliss-reactive ketones (excluding diaryl/α,β-unsaturated/α-hetero) is 2. The summed E-state index contributed by atoms with van der Waals surface area (Å²) >= 11 is 1.53. The number of carbonyl (C=O) groups excluding carboxylic acids is 3. The van der Waals surface area contributed by atoms with Gasteiger partial charge in [0.25, 0.3) is 0 Å². The molecule has 0 saturated carbocycles. The van der Waals surface area contributed by atoms with Crippen LogP contribution in [0.4, 0.5) is 0 Å². The molecule has 0 spiro atoms. The van der Waals surface area contributed by atoms with E-state index >= 15 is 0 Å². The summed E-state index contributed by atoms with van der Waals surface area (Å²) in [4.78, 5) is 36.9. The van der Waals surface area contributed by atoms with Crippen LogP contribution >= 0.6 is 11.8 Å². The monoisotopic (exact) mass is 412 g/mol. The molecule has 2 unspecified atom stereocenters. The number of nitrogens with one attached hydrogen (secondary N) is 2. The first-order chi connectivity index (χ1) is 14.2. The summed E-state index contributed by atoms with van der Waals surface area (Å²) in [7, 11) is 0. The molecular weight excluding hydrogens is 384 g/mol. The Balaban J connectivity index is 1.24. The molecule has 4 atom stereocenters. The van der Waals surface area contributed by atoms with Crippen LogP contribution in [0.1, 0.15) is 43.2 Å². The van der Waals surface area contributed by atoms with Gasteiger partial charge in [-0.1, -0.05) is 35.9 Å². The molecule has 0 bridgehead atoms. The van der Waals surface area contributed by atoms with Crippen molar-refractivity contribution in [2.45, 2.75) is 55.9 Å². The fourth-order valence-electron chi connectivity index (χ4n) is 4.69. The van der Waals surface area contributed by atoms with Crippen LogP contribution in [0, 0.1) is 5.92 Å². The number of ketones is 2. The Labute approximate surface area is 176 Å². The number of carbonyl (C=O) groups is 3. The van der Waals surface area contributed by atoms with Gasteiger partial charge in [-0.3, -0.25) is 14.9 Å². The maximum atomic E-state index is 12.9. The molecule has 6 heteroatoms. The second kappa shape index (κ2) is 9.37. The molecule has 1 aromatic carbocycles. The first kappa shape index (κ1) is 20.5. The van der Waals surface area contributed by atoms with E-state index in [0.29, 0.717) is 25.3 Å². The zero-order valence-electron chi connectivity index (χ0n) is 16.6. The third-order valence-electron chi connectivity index (χ3n) is 6.28. The summed E-state index contributed by atoms with van der Waals surface area (Å²) in [6, 6.07) is 7.63. The first-order valence-corrected chi connectivity index (χ1v) is 11.6. The van der Waals surface area contributed by atoms with E-state index in [0.717, 1.165) is 32.0 Å². The van der Waals surface area contributed by atoms with Crippen LogP contribution in [0.2, 0.25) is 0 Å². The van der Waals surface area contributed by atoms with Crippen molar-refractivity contribution in [1.82, 2.24) is 10.6 Å². The van der Waals surface area contributed by atoms with Crippen LogP contribution in [0.5, 0.6) is 0 Å². The van der Waals surface area contributed by atoms with E-state index in [9.17, 15) is 14.4 Å². The van der Waals surface area contributed by atoms with Gasteiger partial charge in [0.05, 0.1) is 17.3 Å². The summed E-state index contributed by atoms with van der Waals surface area (Å²) in [5, 5.41) is 5.95. The number of fused-ring (bicyclic) bond motifs is 1. The minimum atomic E-state index is -0.452. The molecule has 0 amide bonds. The van der Waals surface area contributed by atoms with Crippen molar-refractivity contribution in [2.24, 2.45) is 5.92 Å². The van der Waals surface area contributed by atoms with E-state index in [1.807, 2.05) is 0 Å². The summed E-state index contributed by atoms with van der Waals surface area (Å²) < 4.78 is 0. The molecule has 154 valence electrons. The predicted octanol–water partition coefficient (Wildman–Crippen LogP) is 2.53. The maximum Gasteiger partial charge on any atom is 0.156 e. The lowest BCUT2D eigenvalue weighted by Gasteiger charge is -2.21. The minimum absolute atomic E-state index is 0.0179. The van der Waals surface area contributed by atoms with Crippen molar-refractivity contribution in [3.63, 3.8) is 0 Å². The molecule has 2 N–H and O–H groups in total. The SMILES string of the molecule is O=C[C@H]1NCCC1C(=O)[C@H]1NCSC1C(=O)CCCCC1=Cc2ccccc2C1. The second-order valence-electron chi connectivity index (χ2n) is 8.18. The highest BCUT2D eigenvalue weighted by Gasteiger charge is 2.43. The highest BCUT2D eigenvalue weighted by Crippen LogP contribution is 2.30. The van der Waals surface area contributed by atoms with Gasteiger partial charge in [-0.25, -0.2) is 0 Å². The Hall–Kier alpha value is -1.76. The van der Waals surface area contributed by atoms with Crippen molar-refractivity contribution >= 4 is 35.7 Å². The number of aldehydes is 1. The minimum Gasteiger partial charge on any atom is -0.307 e. The van der Waals surface area contributed by atoms with E-state index in [4.69, 9.17) is 0 Å². The Kier molecular flexibility index (Phi) is 6.63. The zero-order chi connectivity index (χ0) is 20.2. The average Bonchev–Trinajstić information content (AvgIpc) is 3.48. The van der Waals surface area contributed by atoms with Crippen LogP contribution in [-0.2, 0) is 20.8 Å². The van der Waals surface area contributed by atoms with Crippen LogP contribution < -0.4 is 10.6 Å². The first-order valence-electron chi connectivity index (χ1n) is 10.5. The molecule has 0 radical (unpaired) electrons. The molecular formula is C23H28N2O3S. The lowest BCUT2D eigenvalue weighted by molar-refractivity contribution is -0.129. The molecule has 1 aliphatic carbocycles. The lowest BCUT2D eigenvalue weighted by Crippen LogP contribution is -2.47. The van der Waals surface area contributed by atoms with Crippen LogP contribution in [0.3, 0.4) is 0 Å². The van der Waals surface area contributed by atoms with Crippen molar-refractivity contribution < 1.29 is 14.4 Å². The number of allylic oxidation sites excluding steroid dienone is 1. The fourth-order valence-corrected chi connectivity index (χ4v) is 5.87. The largest absolute Gasteiger partial charge is 0.307 e.